The van der Waals surface area contributed by atoms with E-state index in [2.05, 4.69) is 22.9 Å². The lowest BCUT2D eigenvalue weighted by atomic mass is 10.1. The third kappa shape index (κ3) is 3.91. The summed E-state index contributed by atoms with van der Waals surface area (Å²) in [5.74, 6) is 0. The van der Waals surface area contributed by atoms with Gasteiger partial charge in [-0.2, -0.15) is 0 Å². The van der Waals surface area contributed by atoms with Crippen LogP contribution in [0, 0.1) is 10.1 Å². The number of rotatable bonds is 6. The van der Waals surface area contributed by atoms with E-state index in [0.29, 0.717) is 5.00 Å². The van der Waals surface area contributed by atoms with Gasteiger partial charge in [0.15, 0.2) is 0 Å². The van der Waals surface area contributed by atoms with Gasteiger partial charge in [-0.1, -0.05) is 37.5 Å². The maximum atomic E-state index is 10.7. The molecule has 0 atom stereocenters. The molecule has 0 fully saturated rings. The first-order valence-electron chi connectivity index (χ1n) is 5.07. The van der Waals surface area contributed by atoms with Crippen LogP contribution >= 0.6 is 27.3 Å². The Bertz CT molecular complexity index is 338. The normalized spacial score (nSPS) is 10.5. The molecular formula is C10H14BrNO2S. The van der Waals surface area contributed by atoms with Crippen molar-refractivity contribution in [2.24, 2.45) is 0 Å². The van der Waals surface area contributed by atoms with Gasteiger partial charge in [-0.15, -0.1) is 0 Å². The van der Waals surface area contributed by atoms with Crippen molar-refractivity contribution in [3.63, 3.8) is 0 Å². The molecule has 0 saturated heterocycles. The van der Waals surface area contributed by atoms with E-state index in [9.17, 15) is 10.1 Å². The van der Waals surface area contributed by atoms with Crippen LogP contribution in [-0.2, 0) is 6.42 Å². The quantitative estimate of drug-likeness (QED) is 0.439. The van der Waals surface area contributed by atoms with Gasteiger partial charge in [-0.05, 0) is 34.8 Å². The topological polar surface area (TPSA) is 43.1 Å². The molecule has 1 aromatic rings. The first-order valence-corrected chi connectivity index (χ1v) is 6.68. The summed E-state index contributed by atoms with van der Waals surface area (Å²) >= 11 is 4.49. The second-order valence-corrected chi connectivity index (χ2v) is 5.86. The van der Waals surface area contributed by atoms with E-state index in [0.717, 1.165) is 28.6 Å². The molecule has 0 bridgehead atoms. The molecule has 15 heavy (non-hydrogen) atoms. The highest BCUT2D eigenvalue weighted by atomic mass is 79.9. The Kier molecular flexibility index (Phi) is 5.25. The maximum absolute atomic E-state index is 10.7. The highest BCUT2D eigenvalue weighted by Crippen LogP contribution is 2.34. The van der Waals surface area contributed by atoms with Crippen molar-refractivity contribution in [3.8, 4) is 0 Å². The number of nitro groups is 1. The fraction of sp³-hybridized carbons (Fsp3) is 0.600. The molecule has 3 nitrogen and oxygen atoms in total. The Morgan fingerprint density at radius 2 is 2.20 bits per heavy atom. The van der Waals surface area contributed by atoms with E-state index in [4.69, 9.17) is 0 Å². The van der Waals surface area contributed by atoms with E-state index in [1.54, 1.807) is 0 Å². The number of halogens is 1. The molecular weight excluding hydrogens is 278 g/mol. The zero-order valence-electron chi connectivity index (χ0n) is 8.66. The van der Waals surface area contributed by atoms with Gasteiger partial charge in [-0.25, -0.2) is 0 Å². The minimum atomic E-state index is -0.287. The predicted molar refractivity (Wildman–Crippen MR) is 66.5 cm³/mol. The van der Waals surface area contributed by atoms with Crippen molar-refractivity contribution < 1.29 is 4.92 Å². The van der Waals surface area contributed by atoms with Gasteiger partial charge in [-0.3, -0.25) is 10.1 Å². The molecule has 1 heterocycles. The fourth-order valence-corrected chi connectivity index (χ4v) is 2.95. The van der Waals surface area contributed by atoms with Gasteiger partial charge in [0.05, 0.1) is 8.71 Å². The highest BCUT2D eigenvalue weighted by Gasteiger charge is 2.17. The van der Waals surface area contributed by atoms with Gasteiger partial charge >= 0.3 is 5.00 Å². The van der Waals surface area contributed by atoms with E-state index >= 15 is 0 Å². The molecule has 1 aromatic heterocycles. The smallest absolute Gasteiger partial charge is 0.258 e. The molecule has 0 aliphatic carbocycles. The monoisotopic (exact) mass is 291 g/mol. The Balaban J connectivity index is 2.55. The van der Waals surface area contributed by atoms with Crippen LogP contribution < -0.4 is 0 Å². The molecule has 0 saturated carbocycles. The molecule has 0 aromatic carbocycles. The molecule has 0 unspecified atom stereocenters. The summed E-state index contributed by atoms with van der Waals surface area (Å²) in [4.78, 5) is 10.4. The van der Waals surface area contributed by atoms with Crippen molar-refractivity contribution in [3.05, 3.63) is 25.5 Å². The minimum absolute atomic E-state index is 0.287. The van der Waals surface area contributed by atoms with E-state index in [1.807, 2.05) is 6.07 Å². The largest absolute Gasteiger partial charge is 0.328 e. The van der Waals surface area contributed by atoms with Gasteiger partial charge in [0.2, 0.25) is 0 Å². The number of hydrogen-bond donors (Lipinski definition) is 0. The average Bonchev–Trinajstić information content (AvgIpc) is 2.55. The second kappa shape index (κ2) is 6.23. The van der Waals surface area contributed by atoms with E-state index < -0.39 is 0 Å². The number of thiophene rings is 1. The summed E-state index contributed by atoms with van der Waals surface area (Å²) < 4.78 is 0.847. The summed E-state index contributed by atoms with van der Waals surface area (Å²) in [6.07, 6.45) is 5.41. The molecule has 0 aliphatic rings. The summed E-state index contributed by atoms with van der Waals surface area (Å²) in [7, 11) is 0. The van der Waals surface area contributed by atoms with E-state index in [-0.39, 0.29) is 4.92 Å². The predicted octanol–water partition coefficient (Wildman–Crippen LogP) is 4.54. The molecule has 0 spiro atoms. The molecule has 0 N–H and O–H groups in total. The number of unbranched alkanes of at least 4 members (excludes halogenated alkanes) is 3. The van der Waals surface area contributed by atoms with Gasteiger partial charge in [0, 0.05) is 5.56 Å². The van der Waals surface area contributed by atoms with Crippen LogP contribution in [0.5, 0.6) is 0 Å². The van der Waals surface area contributed by atoms with Crippen LogP contribution in [0.2, 0.25) is 0 Å². The zero-order valence-corrected chi connectivity index (χ0v) is 11.1. The summed E-state index contributed by atoms with van der Waals surface area (Å²) in [6, 6.07) is 1.87. The fourth-order valence-electron chi connectivity index (χ4n) is 1.46. The van der Waals surface area contributed by atoms with E-state index in [1.165, 1.54) is 24.2 Å². The number of aryl methyl sites for hydroxylation is 1. The maximum Gasteiger partial charge on any atom is 0.328 e. The molecule has 0 radical (unpaired) electrons. The Hall–Kier alpha value is -0.420. The summed E-state index contributed by atoms with van der Waals surface area (Å²) in [5.41, 5.74) is 0.868. The van der Waals surface area contributed by atoms with Crippen LogP contribution in [0.25, 0.3) is 0 Å². The molecule has 1 rings (SSSR count). The lowest BCUT2D eigenvalue weighted by molar-refractivity contribution is -0.380. The molecule has 5 heteroatoms. The second-order valence-electron chi connectivity index (χ2n) is 3.45. The lowest BCUT2D eigenvalue weighted by Gasteiger charge is -1.97. The van der Waals surface area contributed by atoms with Crippen molar-refractivity contribution >= 4 is 32.3 Å². The Morgan fingerprint density at radius 1 is 1.47 bits per heavy atom. The Morgan fingerprint density at radius 3 is 2.80 bits per heavy atom. The van der Waals surface area contributed by atoms with Crippen LogP contribution in [0.4, 0.5) is 5.00 Å². The third-order valence-corrected chi connectivity index (χ3v) is 3.85. The molecule has 0 amide bonds. The standard InChI is InChI=1S/C10H14BrNO2S/c1-2-3-4-5-6-8-7-9(11)15-10(8)12(13)14/h7H,2-6H2,1H3. The van der Waals surface area contributed by atoms with Crippen molar-refractivity contribution in [2.75, 3.05) is 0 Å². The van der Waals surface area contributed by atoms with Gasteiger partial charge in [0.25, 0.3) is 0 Å². The Labute approximate surface area is 102 Å². The van der Waals surface area contributed by atoms with Gasteiger partial charge in [0.1, 0.15) is 0 Å². The molecule has 0 aliphatic heterocycles. The molecule has 84 valence electrons. The first-order chi connectivity index (χ1) is 7.15. The third-order valence-electron chi connectivity index (χ3n) is 2.22. The summed E-state index contributed by atoms with van der Waals surface area (Å²) in [6.45, 7) is 2.16. The van der Waals surface area contributed by atoms with Crippen molar-refractivity contribution in [2.45, 2.75) is 39.0 Å². The lowest BCUT2D eigenvalue weighted by Crippen LogP contribution is -1.90. The van der Waals surface area contributed by atoms with Crippen LogP contribution in [0.1, 0.15) is 38.2 Å². The van der Waals surface area contributed by atoms with Crippen molar-refractivity contribution in [1.82, 2.24) is 0 Å². The van der Waals surface area contributed by atoms with Crippen molar-refractivity contribution in [1.29, 1.82) is 0 Å². The zero-order chi connectivity index (χ0) is 11.3. The SMILES string of the molecule is CCCCCCc1cc(Br)sc1[N+](=O)[O-]. The summed E-state index contributed by atoms with van der Waals surface area (Å²) in [5, 5.41) is 11.0. The first kappa shape index (κ1) is 12.6. The number of nitrogens with zero attached hydrogens (tertiary/aromatic N) is 1. The minimum Gasteiger partial charge on any atom is -0.258 e. The van der Waals surface area contributed by atoms with Gasteiger partial charge < -0.3 is 0 Å². The highest BCUT2D eigenvalue weighted by molar-refractivity contribution is 9.11. The van der Waals surface area contributed by atoms with Crippen LogP contribution in [0.3, 0.4) is 0 Å². The average molecular weight is 292 g/mol. The number of hydrogen-bond acceptors (Lipinski definition) is 3. The van der Waals surface area contributed by atoms with Crippen LogP contribution in [-0.4, -0.2) is 4.92 Å². The van der Waals surface area contributed by atoms with Crippen LogP contribution in [0.15, 0.2) is 9.85 Å².